The Morgan fingerprint density at radius 3 is 2.72 bits per heavy atom. The lowest BCUT2D eigenvalue weighted by atomic mass is 9.82. The molecule has 2 aromatic carbocycles. The van der Waals surface area contributed by atoms with E-state index in [0.717, 1.165) is 41.4 Å². The average Bonchev–Trinajstić information content (AvgIpc) is 2.84. The van der Waals surface area contributed by atoms with Crippen molar-refractivity contribution in [3.05, 3.63) is 83.0 Å². The molecule has 0 fully saturated rings. The molecule has 0 radical (unpaired) electrons. The first-order valence-corrected chi connectivity index (χ1v) is 11.7. The van der Waals surface area contributed by atoms with Gasteiger partial charge >= 0.3 is 0 Å². The summed E-state index contributed by atoms with van der Waals surface area (Å²) >= 11 is 1.47. The Balaban J connectivity index is 1.36. The highest BCUT2D eigenvalue weighted by molar-refractivity contribution is 7.99. The number of aromatic nitrogens is 1. The molecule has 1 amide bonds. The lowest BCUT2D eigenvalue weighted by Gasteiger charge is -2.25. The van der Waals surface area contributed by atoms with Crippen LogP contribution in [-0.4, -0.2) is 23.8 Å². The summed E-state index contributed by atoms with van der Waals surface area (Å²) in [5, 5.41) is 13.3. The highest BCUT2D eigenvalue weighted by atomic mass is 32.2. The molecule has 1 heterocycles. The third-order valence-electron chi connectivity index (χ3n) is 5.69. The Labute approximate surface area is 192 Å². The summed E-state index contributed by atoms with van der Waals surface area (Å²) in [6.45, 7) is 0. The van der Waals surface area contributed by atoms with Crippen LogP contribution in [0.5, 0.6) is 5.75 Å². The highest BCUT2D eigenvalue weighted by Gasteiger charge is 2.23. The van der Waals surface area contributed by atoms with Gasteiger partial charge in [0.25, 0.3) is 0 Å². The van der Waals surface area contributed by atoms with Crippen LogP contribution in [0.2, 0.25) is 0 Å². The summed E-state index contributed by atoms with van der Waals surface area (Å²) in [4.78, 5) is 17.1. The number of amides is 1. The van der Waals surface area contributed by atoms with Crippen LogP contribution < -0.4 is 10.1 Å². The Morgan fingerprint density at radius 1 is 1.22 bits per heavy atom. The number of rotatable bonds is 7. The van der Waals surface area contributed by atoms with Crippen molar-refractivity contribution in [3.63, 3.8) is 0 Å². The fourth-order valence-corrected chi connectivity index (χ4v) is 4.90. The number of fused-ring (bicyclic) bond motifs is 1. The maximum atomic E-state index is 12.3. The predicted octanol–water partition coefficient (Wildman–Crippen LogP) is 5.36. The first kappa shape index (κ1) is 21.9. The summed E-state index contributed by atoms with van der Waals surface area (Å²) < 4.78 is 5.13. The number of hydrogen-bond acceptors (Lipinski definition) is 5. The van der Waals surface area contributed by atoms with Gasteiger partial charge in [-0.05, 0) is 66.6 Å². The van der Waals surface area contributed by atoms with Gasteiger partial charge in [-0.25, -0.2) is 4.98 Å². The van der Waals surface area contributed by atoms with Gasteiger partial charge in [0.15, 0.2) is 0 Å². The van der Waals surface area contributed by atoms with Crippen LogP contribution in [0, 0.1) is 11.3 Å². The lowest BCUT2D eigenvalue weighted by molar-refractivity contribution is -0.115. The largest absolute Gasteiger partial charge is 0.497 e. The van der Waals surface area contributed by atoms with Crippen molar-refractivity contribution in [2.45, 2.75) is 36.6 Å². The van der Waals surface area contributed by atoms with E-state index < -0.39 is 0 Å². The molecule has 1 aromatic heterocycles. The van der Waals surface area contributed by atoms with E-state index in [9.17, 15) is 10.1 Å². The van der Waals surface area contributed by atoms with E-state index >= 15 is 0 Å². The average molecular weight is 444 g/mol. The highest BCUT2D eigenvalue weighted by Crippen LogP contribution is 2.34. The topological polar surface area (TPSA) is 75.0 Å². The van der Waals surface area contributed by atoms with E-state index in [0.29, 0.717) is 23.7 Å². The first-order valence-electron chi connectivity index (χ1n) is 10.7. The molecular weight excluding hydrogens is 418 g/mol. The van der Waals surface area contributed by atoms with Crippen LogP contribution in [0.15, 0.2) is 65.7 Å². The van der Waals surface area contributed by atoms with Crippen molar-refractivity contribution < 1.29 is 9.53 Å². The number of ether oxygens (including phenoxy) is 1. The molecule has 162 valence electrons. The minimum absolute atomic E-state index is 0.0650. The van der Waals surface area contributed by atoms with E-state index in [-0.39, 0.29) is 5.91 Å². The maximum absolute atomic E-state index is 12.3. The van der Waals surface area contributed by atoms with E-state index in [2.05, 4.69) is 35.7 Å². The zero-order chi connectivity index (χ0) is 22.3. The zero-order valence-electron chi connectivity index (χ0n) is 18.0. The quantitative estimate of drug-likeness (QED) is 0.498. The lowest BCUT2D eigenvalue weighted by Crippen LogP contribution is -2.15. The van der Waals surface area contributed by atoms with Crippen LogP contribution >= 0.6 is 11.8 Å². The number of nitriles is 1. The Hall–Kier alpha value is -3.30. The molecule has 0 saturated carbocycles. The molecule has 1 atom stereocenters. The number of nitrogens with one attached hydrogen (secondary N) is 1. The van der Waals surface area contributed by atoms with E-state index in [1.807, 2.05) is 36.4 Å². The molecule has 1 aliphatic rings. The molecule has 0 bridgehead atoms. The Morgan fingerprint density at radius 2 is 2.00 bits per heavy atom. The normalized spacial score (nSPS) is 14.8. The van der Waals surface area contributed by atoms with Crippen LogP contribution in [0.3, 0.4) is 0 Å². The molecule has 0 aliphatic heterocycles. The number of anilines is 1. The predicted molar refractivity (Wildman–Crippen MR) is 127 cm³/mol. The minimum Gasteiger partial charge on any atom is -0.497 e. The number of hydrogen-bond donors (Lipinski definition) is 1. The van der Waals surface area contributed by atoms with Gasteiger partial charge in [0.2, 0.25) is 5.91 Å². The van der Waals surface area contributed by atoms with Crippen LogP contribution in [0.1, 0.15) is 41.1 Å². The van der Waals surface area contributed by atoms with Gasteiger partial charge in [-0.3, -0.25) is 4.79 Å². The van der Waals surface area contributed by atoms with Crippen molar-refractivity contribution in [3.8, 4) is 11.8 Å². The van der Waals surface area contributed by atoms with Crippen molar-refractivity contribution >= 4 is 23.4 Å². The molecule has 6 heteroatoms. The number of benzene rings is 2. The number of aryl methyl sites for hydroxylation is 1. The van der Waals surface area contributed by atoms with Crippen LogP contribution in [-0.2, 0) is 17.6 Å². The van der Waals surface area contributed by atoms with Crippen molar-refractivity contribution in [1.29, 1.82) is 5.26 Å². The van der Waals surface area contributed by atoms with Crippen molar-refractivity contribution in [2.75, 3.05) is 18.2 Å². The molecule has 5 nitrogen and oxygen atoms in total. The number of carbonyl (C=O) groups is 1. The molecule has 1 aliphatic carbocycles. The summed E-state index contributed by atoms with van der Waals surface area (Å²) in [5.41, 5.74) is 4.93. The summed E-state index contributed by atoms with van der Waals surface area (Å²) in [6, 6.07) is 22.1. The van der Waals surface area contributed by atoms with Gasteiger partial charge in [-0.1, -0.05) is 30.3 Å². The molecule has 4 rings (SSSR count). The van der Waals surface area contributed by atoms with Crippen molar-refractivity contribution in [1.82, 2.24) is 4.98 Å². The molecule has 1 N–H and O–H groups in total. The SMILES string of the molecule is COc1ccc(NC(=O)CCSc2nc3c(cc2C#N)CC(c2ccccc2)CC3)cc1. The molecule has 3 aromatic rings. The maximum Gasteiger partial charge on any atom is 0.225 e. The second-order valence-electron chi connectivity index (χ2n) is 7.78. The number of methoxy groups -OCH3 is 1. The van der Waals surface area contributed by atoms with Gasteiger partial charge < -0.3 is 10.1 Å². The van der Waals surface area contributed by atoms with E-state index in [1.165, 1.54) is 22.9 Å². The third kappa shape index (κ3) is 5.30. The van der Waals surface area contributed by atoms with Gasteiger partial charge in [0.1, 0.15) is 16.8 Å². The fourth-order valence-electron chi connectivity index (χ4n) is 3.98. The Bertz CT molecular complexity index is 1120. The van der Waals surface area contributed by atoms with Crippen LogP contribution in [0.4, 0.5) is 5.69 Å². The smallest absolute Gasteiger partial charge is 0.225 e. The van der Waals surface area contributed by atoms with Gasteiger partial charge in [-0.2, -0.15) is 5.26 Å². The summed E-state index contributed by atoms with van der Waals surface area (Å²) in [6.07, 6.45) is 3.23. The van der Waals surface area contributed by atoms with E-state index in [1.54, 1.807) is 7.11 Å². The molecular formula is C26H25N3O2S. The number of pyridine rings is 1. The molecule has 0 saturated heterocycles. The number of carbonyl (C=O) groups excluding carboxylic acids is 1. The number of nitrogens with zero attached hydrogens (tertiary/aromatic N) is 2. The first-order chi connectivity index (χ1) is 15.7. The Kier molecular flexibility index (Phi) is 7.08. The van der Waals surface area contributed by atoms with Crippen molar-refractivity contribution in [2.24, 2.45) is 0 Å². The molecule has 0 spiro atoms. The fraction of sp³-hybridized carbons (Fsp3) is 0.269. The second-order valence-corrected chi connectivity index (χ2v) is 8.87. The summed E-state index contributed by atoms with van der Waals surface area (Å²) in [5.74, 6) is 1.72. The van der Waals surface area contributed by atoms with Gasteiger partial charge in [-0.15, -0.1) is 11.8 Å². The van der Waals surface area contributed by atoms with Gasteiger partial charge in [0, 0.05) is 23.6 Å². The van der Waals surface area contributed by atoms with Crippen LogP contribution in [0.25, 0.3) is 0 Å². The third-order valence-corrected chi connectivity index (χ3v) is 6.68. The standard InChI is InChI=1S/C26H25N3O2S/c1-31-23-10-8-22(9-11-23)28-25(30)13-14-32-26-21(17-27)16-20-15-19(7-12-24(20)29-26)18-5-3-2-4-6-18/h2-6,8-11,16,19H,7,12-15H2,1H3,(H,28,30). The molecule has 1 unspecified atom stereocenters. The van der Waals surface area contributed by atoms with Gasteiger partial charge in [0.05, 0.1) is 12.7 Å². The monoisotopic (exact) mass is 443 g/mol. The molecule has 32 heavy (non-hydrogen) atoms. The minimum atomic E-state index is -0.0650. The number of thioether (sulfide) groups is 1. The zero-order valence-corrected chi connectivity index (χ0v) is 18.8. The second kappa shape index (κ2) is 10.3. The summed E-state index contributed by atoms with van der Waals surface area (Å²) in [7, 11) is 1.61. The van der Waals surface area contributed by atoms with E-state index in [4.69, 9.17) is 9.72 Å².